The molecule has 100 valence electrons. The first-order chi connectivity index (χ1) is 8.93. The molecule has 0 heterocycles. The molecule has 0 saturated carbocycles. The molecule has 2 aromatic rings. The van der Waals surface area contributed by atoms with Crippen molar-refractivity contribution in [3.63, 3.8) is 0 Å². The second kappa shape index (κ2) is 5.05. The summed E-state index contributed by atoms with van der Waals surface area (Å²) in [6.45, 7) is 3.47. The first-order valence-corrected chi connectivity index (χ1v) is 7.62. The fourth-order valence-corrected chi connectivity index (χ4v) is 3.75. The highest BCUT2D eigenvalue weighted by Crippen LogP contribution is 2.30. The molecule has 4 heteroatoms. The fourth-order valence-electron chi connectivity index (χ4n) is 2.09. The van der Waals surface area contributed by atoms with Crippen LogP contribution in [0.4, 0.5) is 5.69 Å². The molecular formula is C15H17NO2S. The molecule has 1 unspecified atom stereocenters. The van der Waals surface area contributed by atoms with Crippen molar-refractivity contribution in [2.75, 3.05) is 5.73 Å². The molecule has 0 aliphatic heterocycles. The van der Waals surface area contributed by atoms with E-state index in [1.807, 2.05) is 30.3 Å². The van der Waals surface area contributed by atoms with Crippen LogP contribution in [0.25, 0.3) is 0 Å². The molecule has 2 aromatic carbocycles. The zero-order valence-corrected chi connectivity index (χ0v) is 11.8. The van der Waals surface area contributed by atoms with Gasteiger partial charge in [-0.05, 0) is 43.2 Å². The number of anilines is 1. The maximum atomic E-state index is 12.6. The molecule has 2 N–H and O–H groups in total. The third-order valence-electron chi connectivity index (χ3n) is 3.24. The van der Waals surface area contributed by atoms with Crippen molar-refractivity contribution in [3.8, 4) is 0 Å². The van der Waals surface area contributed by atoms with Gasteiger partial charge < -0.3 is 5.73 Å². The Morgan fingerprint density at radius 1 is 1.05 bits per heavy atom. The van der Waals surface area contributed by atoms with Gasteiger partial charge in [-0.25, -0.2) is 8.42 Å². The van der Waals surface area contributed by atoms with Crippen LogP contribution in [0.1, 0.15) is 23.3 Å². The minimum Gasteiger partial charge on any atom is -0.399 e. The average Bonchev–Trinajstić information content (AvgIpc) is 2.38. The van der Waals surface area contributed by atoms with Crippen LogP contribution in [-0.4, -0.2) is 8.42 Å². The zero-order valence-electron chi connectivity index (χ0n) is 11.0. The molecule has 0 saturated heterocycles. The van der Waals surface area contributed by atoms with Gasteiger partial charge in [-0.2, -0.15) is 0 Å². The second-order valence-corrected chi connectivity index (χ2v) is 6.86. The Morgan fingerprint density at radius 2 is 1.68 bits per heavy atom. The van der Waals surface area contributed by atoms with Crippen molar-refractivity contribution in [1.29, 1.82) is 0 Å². The van der Waals surface area contributed by atoms with E-state index >= 15 is 0 Å². The predicted octanol–water partition coefficient (Wildman–Crippen LogP) is 3.11. The largest absolute Gasteiger partial charge is 0.399 e. The number of nitrogens with two attached hydrogens (primary N) is 1. The number of nitrogen functional groups attached to an aromatic ring is 1. The summed E-state index contributed by atoms with van der Waals surface area (Å²) in [5.41, 5.74) is 7.71. The number of rotatable bonds is 3. The molecular weight excluding hydrogens is 258 g/mol. The highest BCUT2D eigenvalue weighted by molar-refractivity contribution is 7.91. The highest BCUT2D eigenvalue weighted by Gasteiger charge is 2.26. The number of benzene rings is 2. The minimum atomic E-state index is -3.40. The first kappa shape index (κ1) is 13.6. The molecule has 0 amide bonds. The van der Waals surface area contributed by atoms with Gasteiger partial charge in [0, 0.05) is 5.69 Å². The topological polar surface area (TPSA) is 60.2 Å². The van der Waals surface area contributed by atoms with Crippen LogP contribution >= 0.6 is 0 Å². The minimum absolute atomic E-state index is 0.345. The summed E-state index contributed by atoms with van der Waals surface area (Å²) in [5.74, 6) is 0. The monoisotopic (exact) mass is 275 g/mol. The third-order valence-corrected chi connectivity index (χ3v) is 5.51. The van der Waals surface area contributed by atoms with E-state index in [2.05, 4.69) is 0 Å². The summed E-state index contributed by atoms with van der Waals surface area (Å²) < 4.78 is 25.2. The lowest BCUT2D eigenvalue weighted by atomic mass is 10.2. The standard InChI is InChI=1S/C15H17NO2S/c1-11-10-14(16)8-9-15(11)19(17,18)12(2)13-6-4-3-5-7-13/h3-10,12H,16H2,1-2H3. The van der Waals surface area contributed by atoms with Crippen molar-refractivity contribution < 1.29 is 8.42 Å². The van der Waals surface area contributed by atoms with E-state index in [9.17, 15) is 8.42 Å². The molecule has 0 fully saturated rings. The second-order valence-electron chi connectivity index (χ2n) is 4.62. The van der Waals surface area contributed by atoms with Crippen LogP contribution in [0.5, 0.6) is 0 Å². The Kier molecular flexibility index (Phi) is 3.62. The van der Waals surface area contributed by atoms with Crippen LogP contribution in [0.2, 0.25) is 0 Å². The van der Waals surface area contributed by atoms with Gasteiger partial charge in [-0.3, -0.25) is 0 Å². The molecule has 0 aromatic heterocycles. The zero-order chi connectivity index (χ0) is 14.0. The van der Waals surface area contributed by atoms with E-state index in [0.29, 0.717) is 16.1 Å². The number of sulfone groups is 1. The van der Waals surface area contributed by atoms with E-state index < -0.39 is 15.1 Å². The van der Waals surface area contributed by atoms with Crippen LogP contribution in [0, 0.1) is 6.92 Å². The van der Waals surface area contributed by atoms with Gasteiger partial charge in [0.05, 0.1) is 10.1 Å². The van der Waals surface area contributed by atoms with E-state index in [1.54, 1.807) is 32.0 Å². The van der Waals surface area contributed by atoms with Crippen LogP contribution < -0.4 is 5.73 Å². The quantitative estimate of drug-likeness (QED) is 0.875. The van der Waals surface area contributed by atoms with Crippen molar-refractivity contribution in [3.05, 3.63) is 59.7 Å². The van der Waals surface area contributed by atoms with Gasteiger partial charge in [0.1, 0.15) is 0 Å². The fraction of sp³-hybridized carbons (Fsp3) is 0.200. The van der Waals surface area contributed by atoms with Gasteiger partial charge in [-0.15, -0.1) is 0 Å². The molecule has 0 spiro atoms. The number of hydrogen-bond donors (Lipinski definition) is 1. The molecule has 3 nitrogen and oxygen atoms in total. The lowest BCUT2D eigenvalue weighted by Gasteiger charge is -2.15. The molecule has 0 bridgehead atoms. The molecule has 1 atom stereocenters. The summed E-state index contributed by atoms with van der Waals surface area (Å²) in [5, 5.41) is -0.573. The van der Waals surface area contributed by atoms with Crippen molar-refractivity contribution in [2.45, 2.75) is 24.0 Å². The van der Waals surface area contributed by atoms with Gasteiger partial charge in [0.2, 0.25) is 0 Å². The number of aryl methyl sites for hydroxylation is 1. The molecule has 0 aliphatic rings. The average molecular weight is 275 g/mol. The van der Waals surface area contributed by atoms with Crippen molar-refractivity contribution >= 4 is 15.5 Å². The van der Waals surface area contributed by atoms with Crippen molar-refractivity contribution in [2.24, 2.45) is 0 Å². The Hall–Kier alpha value is -1.81. The maximum absolute atomic E-state index is 12.6. The maximum Gasteiger partial charge on any atom is 0.185 e. The molecule has 2 rings (SSSR count). The lowest BCUT2D eigenvalue weighted by Crippen LogP contribution is -2.12. The normalized spacial score (nSPS) is 13.2. The van der Waals surface area contributed by atoms with Gasteiger partial charge in [-0.1, -0.05) is 30.3 Å². The van der Waals surface area contributed by atoms with Gasteiger partial charge >= 0.3 is 0 Å². The van der Waals surface area contributed by atoms with E-state index in [0.717, 1.165) is 5.56 Å². The lowest BCUT2D eigenvalue weighted by molar-refractivity contribution is 0.585. The van der Waals surface area contributed by atoms with Crippen LogP contribution in [-0.2, 0) is 9.84 Å². The van der Waals surface area contributed by atoms with Crippen LogP contribution in [0.3, 0.4) is 0 Å². The Bertz CT molecular complexity index is 679. The predicted molar refractivity (Wildman–Crippen MR) is 77.6 cm³/mol. The summed E-state index contributed by atoms with van der Waals surface area (Å²) >= 11 is 0. The Labute approximate surface area is 114 Å². The highest BCUT2D eigenvalue weighted by atomic mass is 32.2. The molecule has 0 radical (unpaired) electrons. The molecule has 19 heavy (non-hydrogen) atoms. The Morgan fingerprint density at radius 3 is 2.26 bits per heavy atom. The summed E-state index contributed by atoms with van der Waals surface area (Å²) in [7, 11) is -3.40. The Balaban J connectivity index is 2.48. The molecule has 0 aliphatic carbocycles. The number of hydrogen-bond acceptors (Lipinski definition) is 3. The third kappa shape index (κ3) is 2.63. The summed E-state index contributed by atoms with van der Waals surface area (Å²) in [6.07, 6.45) is 0. The van der Waals surface area contributed by atoms with E-state index in [-0.39, 0.29) is 0 Å². The summed E-state index contributed by atoms with van der Waals surface area (Å²) in [6, 6.07) is 14.1. The summed E-state index contributed by atoms with van der Waals surface area (Å²) in [4.78, 5) is 0.345. The van der Waals surface area contributed by atoms with Crippen molar-refractivity contribution in [1.82, 2.24) is 0 Å². The van der Waals surface area contributed by atoms with Crippen LogP contribution in [0.15, 0.2) is 53.4 Å². The van der Waals surface area contributed by atoms with E-state index in [1.165, 1.54) is 0 Å². The SMILES string of the molecule is Cc1cc(N)ccc1S(=O)(=O)C(C)c1ccccc1. The smallest absolute Gasteiger partial charge is 0.185 e. The van der Waals surface area contributed by atoms with Gasteiger partial charge in [0.25, 0.3) is 0 Å². The first-order valence-electron chi connectivity index (χ1n) is 6.08. The van der Waals surface area contributed by atoms with E-state index in [4.69, 9.17) is 5.73 Å². The van der Waals surface area contributed by atoms with Gasteiger partial charge in [0.15, 0.2) is 9.84 Å².